The molecule has 6 heteroatoms. The summed E-state index contributed by atoms with van der Waals surface area (Å²) < 4.78 is 1.98. The molecule has 3 aromatic heterocycles. The molecule has 1 atom stereocenters. The first-order valence-corrected chi connectivity index (χ1v) is 10.4. The van der Waals surface area contributed by atoms with E-state index in [1.807, 2.05) is 59.8 Å². The van der Waals surface area contributed by atoms with E-state index in [0.717, 1.165) is 48.6 Å². The average Bonchev–Trinajstić information content (AvgIpc) is 3.23. The normalized spacial score (nSPS) is 15.7. The number of hydrogen-bond donors (Lipinski definition) is 1. The molecule has 150 valence electrons. The number of nitrogens with zero attached hydrogens (tertiary/aromatic N) is 5. The van der Waals surface area contributed by atoms with Gasteiger partial charge in [-0.2, -0.15) is 5.10 Å². The molecule has 0 saturated carbocycles. The minimum Gasteiger partial charge on any atom is -0.306 e. The Morgan fingerprint density at radius 1 is 1.03 bits per heavy atom. The van der Waals surface area contributed by atoms with Crippen molar-refractivity contribution >= 4 is 0 Å². The van der Waals surface area contributed by atoms with E-state index in [1.54, 1.807) is 0 Å². The molecule has 1 N–H and O–H groups in total. The summed E-state index contributed by atoms with van der Waals surface area (Å²) in [6, 6.07) is 14.5. The van der Waals surface area contributed by atoms with Gasteiger partial charge in [-0.05, 0) is 44.4 Å². The number of fused-ring (bicyclic) bond motifs is 1. The first-order valence-electron chi connectivity index (χ1n) is 10.4. The Morgan fingerprint density at radius 2 is 1.93 bits per heavy atom. The number of nitrogens with one attached hydrogen (secondary N) is 1. The predicted octanol–water partition coefficient (Wildman–Crippen LogP) is 4.20. The Kier molecular flexibility index (Phi) is 5.07. The quantitative estimate of drug-likeness (QED) is 0.548. The van der Waals surface area contributed by atoms with Crippen molar-refractivity contribution in [2.45, 2.75) is 38.8 Å². The molecule has 30 heavy (non-hydrogen) atoms. The van der Waals surface area contributed by atoms with E-state index in [9.17, 15) is 0 Å². The average molecular weight is 396 g/mol. The van der Waals surface area contributed by atoms with Crippen molar-refractivity contribution in [3.63, 3.8) is 0 Å². The molecule has 1 unspecified atom stereocenters. The van der Waals surface area contributed by atoms with Crippen LogP contribution < -0.4 is 5.32 Å². The monoisotopic (exact) mass is 396 g/mol. The number of hydrogen-bond acceptors (Lipinski definition) is 5. The van der Waals surface area contributed by atoms with Crippen molar-refractivity contribution in [2.24, 2.45) is 0 Å². The van der Waals surface area contributed by atoms with Crippen LogP contribution in [0.2, 0.25) is 0 Å². The van der Waals surface area contributed by atoms with Crippen molar-refractivity contribution in [1.29, 1.82) is 0 Å². The third-order valence-corrected chi connectivity index (χ3v) is 5.58. The van der Waals surface area contributed by atoms with E-state index in [-0.39, 0.29) is 6.04 Å². The van der Waals surface area contributed by atoms with E-state index in [0.29, 0.717) is 0 Å². The Hall–Kier alpha value is -3.38. The first-order chi connectivity index (χ1) is 14.8. The van der Waals surface area contributed by atoms with Crippen LogP contribution in [0.5, 0.6) is 0 Å². The summed E-state index contributed by atoms with van der Waals surface area (Å²) in [5.41, 5.74) is 5.86. The maximum absolute atomic E-state index is 4.62. The molecule has 1 aliphatic rings. The lowest BCUT2D eigenvalue weighted by molar-refractivity contribution is 0.454. The summed E-state index contributed by atoms with van der Waals surface area (Å²) in [6.07, 6.45) is 10.9. The van der Waals surface area contributed by atoms with Crippen molar-refractivity contribution in [2.75, 3.05) is 0 Å². The summed E-state index contributed by atoms with van der Waals surface area (Å²) >= 11 is 0. The summed E-state index contributed by atoms with van der Waals surface area (Å²) in [5.74, 6) is 1.64. The number of rotatable bonds is 5. The lowest BCUT2D eigenvalue weighted by Crippen LogP contribution is -2.25. The summed E-state index contributed by atoms with van der Waals surface area (Å²) in [6.45, 7) is 2.81. The third kappa shape index (κ3) is 3.74. The van der Waals surface area contributed by atoms with Gasteiger partial charge in [-0.15, -0.1) is 0 Å². The van der Waals surface area contributed by atoms with Crippen LogP contribution in [0.15, 0.2) is 67.3 Å². The molecule has 0 aliphatic heterocycles. The van der Waals surface area contributed by atoms with Crippen molar-refractivity contribution in [3.05, 3.63) is 89.6 Å². The van der Waals surface area contributed by atoms with Crippen molar-refractivity contribution in [1.82, 2.24) is 30.0 Å². The van der Waals surface area contributed by atoms with Crippen LogP contribution in [-0.4, -0.2) is 24.7 Å². The molecule has 0 fully saturated rings. The zero-order valence-electron chi connectivity index (χ0n) is 17.0. The Morgan fingerprint density at radius 3 is 2.73 bits per heavy atom. The van der Waals surface area contributed by atoms with Crippen LogP contribution in [0.25, 0.3) is 17.2 Å². The molecule has 0 saturated heterocycles. The molecule has 1 aliphatic carbocycles. The number of benzene rings is 1. The molecule has 0 spiro atoms. The highest BCUT2D eigenvalue weighted by molar-refractivity contribution is 5.55. The molecule has 3 heterocycles. The third-order valence-electron chi connectivity index (χ3n) is 5.58. The molecule has 4 aromatic rings. The smallest absolute Gasteiger partial charge is 0.159 e. The zero-order chi connectivity index (χ0) is 20.3. The fourth-order valence-corrected chi connectivity index (χ4v) is 4.07. The standard InChI is InChI=1S/C24H24N6/c1-17-6-4-7-19(12-17)24-27-14-18(15-28-24)13-26-21-8-5-9-22-20(21)16-29-30(22)23-10-2-3-11-25-23/h2-4,6-7,10-12,14-16,21,26H,5,8-9,13H2,1H3. The molecule has 0 bridgehead atoms. The summed E-state index contributed by atoms with van der Waals surface area (Å²) in [4.78, 5) is 13.6. The second-order valence-electron chi connectivity index (χ2n) is 7.76. The molecule has 1 aromatic carbocycles. The van der Waals surface area contributed by atoms with E-state index in [4.69, 9.17) is 0 Å². The molecular weight excluding hydrogens is 372 g/mol. The number of aromatic nitrogens is 5. The fourth-order valence-electron chi connectivity index (χ4n) is 4.07. The van der Waals surface area contributed by atoms with E-state index < -0.39 is 0 Å². The van der Waals surface area contributed by atoms with Crippen LogP contribution in [-0.2, 0) is 13.0 Å². The second-order valence-corrected chi connectivity index (χ2v) is 7.76. The van der Waals surface area contributed by atoms with Crippen molar-refractivity contribution < 1.29 is 0 Å². The van der Waals surface area contributed by atoms with Gasteiger partial charge in [-0.25, -0.2) is 19.6 Å². The highest BCUT2D eigenvalue weighted by atomic mass is 15.3. The van der Waals surface area contributed by atoms with Crippen LogP contribution in [0, 0.1) is 6.92 Å². The summed E-state index contributed by atoms with van der Waals surface area (Å²) in [5, 5.41) is 8.29. The van der Waals surface area contributed by atoms with Gasteiger partial charge in [-0.3, -0.25) is 0 Å². The van der Waals surface area contributed by atoms with Crippen LogP contribution in [0.1, 0.15) is 41.3 Å². The minimum absolute atomic E-state index is 0.280. The molecule has 0 radical (unpaired) electrons. The van der Waals surface area contributed by atoms with E-state index in [1.165, 1.54) is 16.8 Å². The van der Waals surface area contributed by atoms with Crippen LogP contribution in [0.4, 0.5) is 0 Å². The summed E-state index contributed by atoms with van der Waals surface area (Å²) in [7, 11) is 0. The van der Waals surface area contributed by atoms with Gasteiger partial charge >= 0.3 is 0 Å². The zero-order valence-corrected chi connectivity index (χ0v) is 17.0. The fraction of sp³-hybridized carbons (Fsp3) is 0.250. The van der Waals surface area contributed by atoms with Gasteiger partial charge in [0, 0.05) is 47.9 Å². The lowest BCUT2D eigenvalue weighted by Gasteiger charge is -2.24. The van der Waals surface area contributed by atoms with E-state index >= 15 is 0 Å². The highest BCUT2D eigenvalue weighted by Crippen LogP contribution is 2.31. The van der Waals surface area contributed by atoms with Crippen LogP contribution in [0.3, 0.4) is 0 Å². The molecular formula is C24H24N6. The second kappa shape index (κ2) is 8.16. The Bertz CT molecular complexity index is 1130. The minimum atomic E-state index is 0.280. The number of pyridine rings is 1. The molecule has 5 rings (SSSR count). The van der Waals surface area contributed by atoms with Gasteiger partial charge in [0.1, 0.15) is 0 Å². The van der Waals surface area contributed by atoms with Gasteiger partial charge in [0.05, 0.1) is 11.9 Å². The van der Waals surface area contributed by atoms with Gasteiger partial charge in [0.15, 0.2) is 11.6 Å². The molecule has 0 amide bonds. The van der Waals surface area contributed by atoms with Gasteiger partial charge in [-0.1, -0.05) is 29.8 Å². The van der Waals surface area contributed by atoms with Gasteiger partial charge < -0.3 is 5.32 Å². The Labute approximate surface area is 176 Å². The van der Waals surface area contributed by atoms with Crippen molar-refractivity contribution in [3.8, 4) is 17.2 Å². The van der Waals surface area contributed by atoms with E-state index in [2.05, 4.69) is 44.4 Å². The Balaban J connectivity index is 1.29. The SMILES string of the molecule is Cc1cccc(-c2ncc(CNC3CCCc4c3cnn4-c3ccccn3)cn2)c1. The maximum Gasteiger partial charge on any atom is 0.159 e. The lowest BCUT2D eigenvalue weighted by atomic mass is 9.93. The van der Waals surface area contributed by atoms with Gasteiger partial charge in [0.25, 0.3) is 0 Å². The highest BCUT2D eigenvalue weighted by Gasteiger charge is 2.24. The van der Waals surface area contributed by atoms with Crippen LogP contribution >= 0.6 is 0 Å². The topological polar surface area (TPSA) is 68.5 Å². The molecule has 6 nitrogen and oxygen atoms in total. The predicted molar refractivity (Wildman–Crippen MR) is 116 cm³/mol. The first kappa shape index (κ1) is 18.6. The number of aryl methyl sites for hydroxylation is 1. The largest absolute Gasteiger partial charge is 0.306 e. The van der Waals surface area contributed by atoms with Gasteiger partial charge in [0.2, 0.25) is 0 Å². The maximum atomic E-state index is 4.62.